The molecule has 4 aromatic rings. The van der Waals surface area contributed by atoms with Gasteiger partial charge in [-0.1, -0.05) is 0 Å². The van der Waals surface area contributed by atoms with Gasteiger partial charge in [0.15, 0.2) is 5.58 Å². The van der Waals surface area contributed by atoms with Crippen molar-refractivity contribution < 1.29 is 13.9 Å². The highest BCUT2D eigenvalue weighted by Crippen LogP contribution is 2.34. The number of aromatic nitrogens is 3. The molecular weight excluding hydrogens is 382 g/mol. The molecule has 1 fully saturated rings. The van der Waals surface area contributed by atoms with Crippen LogP contribution < -0.4 is 10.4 Å². The van der Waals surface area contributed by atoms with Crippen molar-refractivity contribution in [2.45, 2.75) is 38.8 Å². The van der Waals surface area contributed by atoms with Crippen LogP contribution in [0.3, 0.4) is 0 Å². The van der Waals surface area contributed by atoms with E-state index in [0.29, 0.717) is 23.5 Å². The third-order valence-corrected chi connectivity index (χ3v) is 5.64. The predicted octanol–water partition coefficient (Wildman–Crippen LogP) is 4.09. The lowest BCUT2D eigenvalue weighted by Gasteiger charge is -2.13. The van der Waals surface area contributed by atoms with E-state index in [1.54, 1.807) is 17.9 Å². The van der Waals surface area contributed by atoms with Crippen LogP contribution in [0.1, 0.15) is 24.8 Å². The third-order valence-electron chi connectivity index (χ3n) is 5.64. The van der Waals surface area contributed by atoms with Crippen LogP contribution in [-0.4, -0.2) is 34.4 Å². The van der Waals surface area contributed by atoms with Crippen LogP contribution >= 0.6 is 0 Å². The normalized spacial score (nSPS) is 16.5. The summed E-state index contributed by atoms with van der Waals surface area (Å²) in [7, 11) is 1.62. The fourth-order valence-corrected chi connectivity index (χ4v) is 4.10. The Morgan fingerprint density at radius 2 is 2.10 bits per heavy atom. The first kappa shape index (κ1) is 18.8. The maximum absolute atomic E-state index is 13.1. The number of pyridine rings is 1. The van der Waals surface area contributed by atoms with E-state index in [1.165, 1.54) is 0 Å². The van der Waals surface area contributed by atoms with Crippen molar-refractivity contribution in [2.75, 3.05) is 13.7 Å². The summed E-state index contributed by atoms with van der Waals surface area (Å²) in [5.74, 6) is 0.738. The lowest BCUT2D eigenvalue weighted by atomic mass is 10.1. The molecule has 0 spiro atoms. The van der Waals surface area contributed by atoms with Crippen LogP contribution in [0, 0.1) is 6.92 Å². The summed E-state index contributed by atoms with van der Waals surface area (Å²) in [6.07, 6.45) is 4.82. The van der Waals surface area contributed by atoms with Gasteiger partial charge in [-0.15, -0.1) is 0 Å². The minimum absolute atomic E-state index is 0.186. The lowest BCUT2D eigenvalue weighted by molar-refractivity contribution is 0.100. The monoisotopic (exact) mass is 405 g/mol. The van der Waals surface area contributed by atoms with E-state index in [4.69, 9.17) is 13.9 Å². The summed E-state index contributed by atoms with van der Waals surface area (Å²) >= 11 is 0. The van der Waals surface area contributed by atoms with Gasteiger partial charge in [-0.25, -0.2) is 9.78 Å². The molecule has 0 aliphatic carbocycles. The van der Waals surface area contributed by atoms with Crippen molar-refractivity contribution in [1.82, 2.24) is 14.5 Å². The van der Waals surface area contributed by atoms with Crippen molar-refractivity contribution in [3.05, 3.63) is 52.6 Å². The zero-order valence-corrected chi connectivity index (χ0v) is 17.1. The van der Waals surface area contributed by atoms with E-state index in [9.17, 15) is 4.79 Å². The lowest BCUT2D eigenvalue weighted by Crippen LogP contribution is -2.25. The van der Waals surface area contributed by atoms with Crippen LogP contribution in [-0.2, 0) is 11.3 Å². The molecule has 7 heteroatoms. The summed E-state index contributed by atoms with van der Waals surface area (Å²) in [5, 5.41) is 0.826. The Balaban J connectivity index is 1.71. The average molecular weight is 405 g/mol. The summed E-state index contributed by atoms with van der Waals surface area (Å²) in [4.78, 5) is 21.9. The van der Waals surface area contributed by atoms with Gasteiger partial charge in [-0.2, -0.15) is 4.98 Å². The number of hydrogen-bond acceptors (Lipinski definition) is 6. The number of benzene rings is 1. The van der Waals surface area contributed by atoms with Gasteiger partial charge in [-0.05, 0) is 62.1 Å². The molecule has 1 aromatic carbocycles. The molecule has 0 amide bonds. The number of hydrogen-bond donors (Lipinski definition) is 0. The van der Waals surface area contributed by atoms with Crippen molar-refractivity contribution in [3.8, 4) is 17.0 Å². The molecule has 1 aliphatic rings. The maximum Gasteiger partial charge on any atom is 0.348 e. The quantitative estimate of drug-likeness (QED) is 0.498. The molecule has 0 N–H and O–H groups in total. The number of methoxy groups -OCH3 is 1. The molecule has 1 saturated heterocycles. The number of fused-ring (bicyclic) bond motifs is 3. The minimum atomic E-state index is -0.296. The molecule has 0 radical (unpaired) electrons. The van der Waals surface area contributed by atoms with E-state index < -0.39 is 0 Å². The molecule has 5 rings (SSSR count). The second-order valence-corrected chi connectivity index (χ2v) is 7.69. The Morgan fingerprint density at radius 3 is 2.83 bits per heavy atom. The van der Waals surface area contributed by atoms with Crippen molar-refractivity contribution in [2.24, 2.45) is 0 Å². The van der Waals surface area contributed by atoms with Crippen molar-refractivity contribution in [1.29, 1.82) is 0 Å². The van der Waals surface area contributed by atoms with Gasteiger partial charge in [0, 0.05) is 24.9 Å². The minimum Gasteiger partial charge on any atom is -0.497 e. The number of furan rings is 1. The van der Waals surface area contributed by atoms with Gasteiger partial charge in [0.25, 0.3) is 0 Å². The number of nitrogens with zero attached hydrogens (tertiary/aromatic N) is 3. The third kappa shape index (κ3) is 3.25. The van der Waals surface area contributed by atoms with Crippen molar-refractivity contribution >= 4 is 22.2 Å². The Labute approximate surface area is 173 Å². The summed E-state index contributed by atoms with van der Waals surface area (Å²) in [6.45, 7) is 3.30. The van der Waals surface area contributed by atoms with Crippen LogP contribution in [0.4, 0.5) is 0 Å². The van der Waals surface area contributed by atoms with Gasteiger partial charge in [-0.3, -0.25) is 4.57 Å². The number of ether oxygens (including phenoxy) is 2. The second-order valence-electron chi connectivity index (χ2n) is 7.69. The summed E-state index contributed by atoms with van der Waals surface area (Å²) in [6, 6.07) is 9.45. The fourth-order valence-electron chi connectivity index (χ4n) is 4.10. The van der Waals surface area contributed by atoms with Gasteiger partial charge in [0.05, 0.1) is 18.6 Å². The molecular formula is C23H23N3O4. The van der Waals surface area contributed by atoms with Gasteiger partial charge in [0.1, 0.15) is 17.0 Å². The van der Waals surface area contributed by atoms with Gasteiger partial charge < -0.3 is 13.9 Å². The highest BCUT2D eigenvalue weighted by atomic mass is 16.5. The molecule has 7 nitrogen and oxygen atoms in total. The summed E-state index contributed by atoms with van der Waals surface area (Å²) < 4.78 is 18.8. The smallest absolute Gasteiger partial charge is 0.348 e. The average Bonchev–Trinajstić information content (AvgIpc) is 3.41. The zero-order valence-electron chi connectivity index (χ0n) is 17.1. The van der Waals surface area contributed by atoms with Gasteiger partial charge in [0.2, 0.25) is 5.71 Å². The maximum atomic E-state index is 13.1. The fraction of sp³-hybridized carbons (Fsp3) is 0.348. The topological polar surface area (TPSA) is 79.4 Å². The van der Waals surface area contributed by atoms with Gasteiger partial charge >= 0.3 is 5.69 Å². The second kappa shape index (κ2) is 7.57. The predicted molar refractivity (Wildman–Crippen MR) is 114 cm³/mol. The Morgan fingerprint density at radius 1 is 1.27 bits per heavy atom. The largest absolute Gasteiger partial charge is 0.497 e. The molecule has 1 aliphatic heterocycles. The number of aryl methyl sites for hydroxylation is 2. The highest BCUT2D eigenvalue weighted by molar-refractivity contribution is 6.05. The van der Waals surface area contributed by atoms with E-state index in [2.05, 4.69) is 9.97 Å². The van der Waals surface area contributed by atoms with Crippen LogP contribution in [0.5, 0.6) is 5.75 Å². The first-order valence-electron chi connectivity index (χ1n) is 10.2. The number of rotatable bonds is 5. The van der Waals surface area contributed by atoms with E-state index in [-0.39, 0.29) is 11.8 Å². The molecule has 154 valence electrons. The molecule has 0 bridgehead atoms. The molecule has 3 aromatic heterocycles. The SMILES string of the molecule is COc1ccc(-c2nc(=O)n(CCC3CCCO3)c3c2oc2ncc(C)cc23)cc1. The Kier molecular flexibility index (Phi) is 4.75. The zero-order chi connectivity index (χ0) is 20.7. The van der Waals surface area contributed by atoms with E-state index in [1.807, 2.05) is 37.3 Å². The molecule has 4 heterocycles. The molecule has 1 atom stereocenters. The molecule has 1 unspecified atom stereocenters. The van der Waals surface area contributed by atoms with Crippen molar-refractivity contribution in [3.63, 3.8) is 0 Å². The van der Waals surface area contributed by atoms with Crippen LogP contribution in [0.25, 0.3) is 33.5 Å². The van der Waals surface area contributed by atoms with Crippen LogP contribution in [0.2, 0.25) is 0 Å². The standard InChI is InChI=1S/C23H23N3O4/c1-14-12-18-20-21(30-22(18)24-13-14)19(15-5-7-16(28-2)8-6-15)25-23(27)26(20)10-9-17-4-3-11-29-17/h5-8,12-13,17H,3-4,9-11H2,1-2H3. The first-order chi connectivity index (χ1) is 14.6. The van der Waals surface area contributed by atoms with E-state index >= 15 is 0 Å². The Hall–Kier alpha value is -3.19. The Bertz CT molecular complexity index is 1270. The molecule has 0 saturated carbocycles. The highest BCUT2D eigenvalue weighted by Gasteiger charge is 2.22. The van der Waals surface area contributed by atoms with Crippen LogP contribution in [0.15, 0.2) is 45.7 Å². The molecule has 30 heavy (non-hydrogen) atoms. The first-order valence-corrected chi connectivity index (χ1v) is 10.2. The summed E-state index contributed by atoms with van der Waals surface area (Å²) in [5.41, 5.74) is 3.83. The van der Waals surface area contributed by atoms with E-state index in [0.717, 1.165) is 53.6 Å².